The van der Waals surface area contributed by atoms with Gasteiger partial charge in [0.1, 0.15) is 5.82 Å². The summed E-state index contributed by atoms with van der Waals surface area (Å²) in [6.45, 7) is 2.64. The molecule has 1 amide bonds. The average molecular weight is 400 g/mol. The van der Waals surface area contributed by atoms with Crippen molar-refractivity contribution in [3.63, 3.8) is 0 Å². The van der Waals surface area contributed by atoms with Gasteiger partial charge in [0.2, 0.25) is 10.0 Å². The molecule has 1 heterocycles. The highest BCUT2D eigenvalue weighted by atomic mass is 32.2. The van der Waals surface area contributed by atoms with Gasteiger partial charge in [-0.2, -0.15) is 0 Å². The Balaban J connectivity index is 2.16. The van der Waals surface area contributed by atoms with Gasteiger partial charge in [0, 0.05) is 27.2 Å². The zero-order chi connectivity index (χ0) is 20.2. The molecule has 1 fully saturated rings. The van der Waals surface area contributed by atoms with Gasteiger partial charge < -0.3 is 9.64 Å². The minimum absolute atomic E-state index is 0.229. The van der Waals surface area contributed by atoms with E-state index in [1.807, 2.05) is 0 Å². The molecule has 1 aromatic rings. The van der Waals surface area contributed by atoms with Crippen LogP contribution >= 0.6 is 0 Å². The number of ether oxygens (including phenoxy) is 1. The topological polar surface area (TPSA) is 84.0 Å². The number of likely N-dealkylation sites (tertiary alicyclic amines) is 1. The Morgan fingerprint density at radius 2 is 1.74 bits per heavy atom. The monoisotopic (exact) mass is 400 g/mol. The first-order valence-corrected chi connectivity index (χ1v) is 10.3. The molecular formula is C18H25FN2O5S. The first-order valence-electron chi connectivity index (χ1n) is 8.86. The molecule has 27 heavy (non-hydrogen) atoms. The lowest BCUT2D eigenvalue weighted by atomic mass is 10.2. The summed E-state index contributed by atoms with van der Waals surface area (Å²) in [7, 11) is -1.17. The van der Waals surface area contributed by atoms with Gasteiger partial charge in [-0.1, -0.05) is 12.8 Å². The smallest absolute Gasteiger partial charge is 0.341 e. The molecule has 0 unspecified atom stereocenters. The summed E-state index contributed by atoms with van der Waals surface area (Å²) in [5, 5.41) is 0. The first kappa shape index (κ1) is 21.3. The van der Waals surface area contributed by atoms with Crippen LogP contribution in [0.5, 0.6) is 0 Å². The number of carbonyl (C=O) groups excluding carboxylic acids is 2. The van der Waals surface area contributed by atoms with Gasteiger partial charge in [-0.3, -0.25) is 4.79 Å². The number of nitrogens with zero attached hydrogens (tertiary/aromatic N) is 2. The fourth-order valence-electron chi connectivity index (χ4n) is 2.85. The predicted molar refractivity (Wildman–Crippen MR) is 97.2 cm³/mol. The Bertz CT molecular complexity index is 802. The van der Waals surface area contributed by atoms with Crippen molar-refractivity contribution in [2.45, 2.75) is 43.6 Å². The molecule has 0 bridgehead atoms. The SMILES string of the molecule is C[C@@H](OC(=O)c1cc(S(=O)(=O)N(C)C)ccc1F)C(=O)N1CCCCCC1. The van der Waals surface area contributed by atoms with Crippen LogP contribution in [0.3, 0.4) is 0 Å². The highest BCUT2D eigenvalue weighted by molar-refractivity contribution is 7.89. The number of hydrogen-bond donors (Lipinski definition) is 0. The van der Waals surface area contributed by atoms with E-state index < -0.39 is 33.5 Å². The molecule has 0 radical (unpaired) electrons. The highest BCUT2D eigenvalue weighted by Gasteiger charge is 2.27. The van der Waals surface area contributed by atoms with E-state index in [-0.39, 0.29) is 10.8 Å². The third-order valence-corrected chi connectivity index (χ3v) is 6.30. The van der Waals surface area contributed by atoms with Crippen LogP contribution in [0.1, 0.15) is 43.0 Å². The van der Waals surface area contributed by atoms with Crippen LogP contribution in [-0.2, 0) is 19.6 Å². The van der Waals surface area contributed by atoms with Crippen LogP contribution in [-0.4, -0.2) is 62.8 Å². The van der Waals surface area contributed by atoms with Crippen molar-refractivity contribution in [2.24, 2.45) is 0 Å². The van der Waals surface area contributed by atoms with Gasteiger partial charge in [-0.15, -0.1) is 0 Å². The summed E-state index contributed by atoms with van der Waals surface area (Å²) >= 11 is 0. The number of carbonyl (C=O) groups is 2. The van der Waals surface area contributed by atoms with Crippen LogP contribution in [0.4, 0.5) is 4.39 Å². The fourth-order valence-corrected chi connectivity index (χ4v) is 3.78. The van der Waals surface area contributed by atoms with E-state index in [1.54, 1.807) is 4.90 Å². The summed E-state index contributed by atoms with van der Waals surface area (Å²) in [5.41, 5.74) is -0.520. The molecule has 0 aliphatic carbocycles. The molecule has 2 rings (SSSR count). The standard InChI is InChI=1S/C18H25FN2O5S/c1-13(17(22)21-10-6-4-5-7-11-21)26-18(23)15-12-14(8-9-16(15)19)27(24,25)20(2)3/h8-9,12-13H,4-7,10-11H2,1-3H3/t13-/m1/s1. The number of sulfonamides is 1. The Morgan fingerprint density at radius 1 is 1.15 bits per heavy atom. The summed E-state index contributed by atoms with van der Waals surface area (Å²) in [6.07, 6.45) is 2.81. The van der Waals surface area contributed by atoms with E-state index in [2.05, 4.69) is 0 Å². The van der Waals surface area contributed by atoms with E-state index in [1.165, 1.54) is 21.0 Å². The van der Waals surface area contributed by atoms with E-state index >= 15 is 0 Å². The average Bonchev–Trinajstić information content (AvgIpc) is 2.90. The second kappa shape index (κ2) is 8.79. The predicted octanol–water partition coefficient (Wildman–Crippen LogP) is 2.02. The van der Waals surface area contributed by atoms with Gasteiger partial charge in [0.15, 0.2) is 6.10 Å². The van der Waals surface area contributed by atoms with E-state index in [0.29, 0.717) is 13.1 Å². The van der Waals surface area contributed by atoms with Crippen molar-refractivity contribution in [3.05, 3.63) is 29.6 Å². The van der Waals surface area contributed by atoms with Gasteiger partial charge in [-0.05, 0) is 38.0 Å². The number of rotatable bonds is 5. The summed E-state index contributed by atoms with van der Waals surface area (Å²) < 4.78 is 44.5. The Labute approximate surface area is 159 Å². The summed E-state index contributed by atoms with van der Waals surface area (Å²) in [4.78, 5) is 26.2. The first-order chi connectivity index (χ1) is 12.6. The number of benzene rings is 1. The second-order valence-corrected chi connectivity index (χ2v) is 8.87. The van der Waals surface area contributed by atoms with Crippen LogP contribution in [0.25, 0.3) is 0 Å². The van der Waals surface area contributed by atoms with E-state index in [9.17, 15) is 22.4 Å². The largest absolute Gasteiger partial charge is 0.449 e. The molecule has 0 saturated carbocycles. The Kier molecular flexibility index (Phi) is 6.94. The molecule has 1 aliphatic heterocycles. The number of esters is 1. The van der Waals surface area contributed by atoms with Crippen molar-refractivity contribution in [2.75, 3.05) is 27.2 Å². The number of halogens is 1. The molecular weight excluding hydrogens is 375 g/mol. The normalized spacial score (nSPS) is 16.7. The second-order valence-electron chi connectivity index (χ2n) is 6.72. The zero-order valence-electron chi connectivity index (χ0n) is 15.8. The number of hydrogen-bond acceptors (Lipinski definition) is 5. The van der Waals surface area contributed by atoms with Crippen molar-refractivity contribution < 1.29 is 27.1 Å². The van der Waals surface area contributed by atoms with Crippen LogP contribution in [0.2, 0.25) is 0 Å². The maximum absolute atomic E-state index is 14.1. The fraction of sp³-hybridized carbons (Fsp3) is 0.556. The molecule has 0 aromatic heterocycles. The molecule has 7 nitrogen and oxygen atoms in total. The zero-order valence-corrected chi connectivity index (χ0v) is 16.6. The minimum atomic E-state index is -3.83. The molecule has 1 saturated heterocycles. The van der Waals surface area contributed by atoms with Crippen LogP contribution in [0.15, 0.2) is 23.1 Å². The quantitative estimate of drug-likeness (QED) is 0.706. The third kappa shape index (κ3) is 5.04. The molecule has 1 aromatic carbocycles. The lowest BCUT2D eigenvalue weighted by molar-refractivity contribution is -0.139. The number of amides is 1. The lowest BCUT2D eigenvalue weighted by Gasteiger charge is -2.24. The van der Waals surface area contributed by atoms with Crippen molar-refractivity contribution in [1.82, 2.24) is 9.21 Å². The maximum Gasteiger partial charge on any atom is 0.341 e. The minimum Gasteiger partial charge on any atom is -0.449 e. The van der Waals surface area contributed by atoms with Crippen molar-refractivity contribution in [1.29, 1.82) is 0 Å². The molecule has 1 atom stereocenters. The molecule has 9 heteroatoms. The highest BCUT2D eigenvalue weighted by Crippen LogP contribution is 2.19. The third-order valence-electron chi connectivity index (χ3n) is 4.49. The Morgan fingerprint density at radius 3 is 2.30 bits per heavy atom. The Hall–Kier alpha value is -2.00. The van der Waals surface area contributed by atoms with E-state index in [0.717, 1.165) is 48.2 Å². The van der Waals surface area contributed by atoms with E-state index in [4.69, 9.17) is 4.74 Å². The lowest BCUT2D eigenvalue weighted by Crippen LogP contribution is -2.40. The molecule has 1 aliphatic rings. The van der Waals surface area contributed by atoms with Gasteiger partial charge in [0.05, 0.1) is 10.5 Å². The van der Waals surface area contributed by atoms with Gasteiger partial charge >= 0.3 is 5.97 Å². The van der Waals surface area contributed by atoms with Crippen molar-refractivity contribution in [3.8, 4) is 0 Å². The summed E-state index contributed by atoms with van der Waals surface area (Å²) in [6, 6.07) is 2.90. The maximum atomic E-state index is 14.1. The molecule has 0 N–H and O–H groups in total. The molecule has 0 spiro atoms. The van der Waals surface area contributed by atoms with Crippen molar-refractivity contribution >= 4 is 21.9 Å². The summed E-state index contributed by atoms with van der Waals surface area (Å²) in [5.74, 6) is -2.31. The van der Waals surface area contributed by atoms with Gasteiger partial charge in [0.25, 0.3) is 5.91 Å². The van der Waals surface area contributed by atoms with Crippen LogP contribution < -0.4 is 0 Å². The molecule has 150 valence electrons. The van der Waals surface area contributed by atoms with Gasteiger partial charge in [-0.25, -0.2) is 21.9 Å². The van der Waals surface area contributed by atoms with Crippen LogP contribution in [0, 0.1) is 5.82 Å².